The smallest absolute Gasteiger partial charge is 0.263 e. The molecule has 0 aliphatic rings. The Morgan fingerprint density at radius 1 is 1.18 bits per heavy atom. The van der Waals surface area contributed by atoms with Gasteiger partial charge in [0.05, 0.1) is 4.90 Å². The molecular weight excluding hydrogens is 238 g/mol. The highest BCUT2D eigenvalue weighted by Crippen LogP contribution is 2.18. The van der Waals surface area contributed by atoms with Gasteiger partial charge in [0.1, 0.15) is 0 Å². The maximum Gasteiger partial charge on any atom is 0.263 e. The van der Waals surface area contributed by atoms with Crippen molar-refractivity contribution in [1.82, 2.24) is 10.2 Å². The third-order valence-electron chi connectivity index (χ3n) is 2.54. The largest absolute Gasteiger partial charge is 0.280 e. The average Bonchev–Trinajstić information content (AvgIpc) is 2.62. The van der Waals surface area contributed by atoms with Gasteiger partial charge in [-0.05, 0) is 26.0 Å². The highest BCUT2D eigenvalue weighted by atomic mass is 32.2. The lowest BCUT2D eigenvalue weighted by Gasteiger charge is -2.05. The number of hydrogen-bond donors (Lipinski definition) is 2. The van der Waals surface area contributed by atoms with E-state index >= 15 is 0 Å². The Bertz CT molecular complexity index is 617. The Balaban J connectivity index is 2.34. The number of aryl methyl sites for hydroxylation is 1. The SMILES string of the molecule is Cc1[nH]nc(NS(=O)(=O)c2ccccc2)c1C. The minimum atomic E-state index is -3.55. The van der Waals surface area contributed by atoms with E-state index in [-0.39, 0.29) is 4.90 Å². The number of benzene rings is 1. The zero-order chi connectivity index (χ0) is 12.5. The van der Waals surface area contributed by atoms with Crippen molar-refractivity contribution >= 4 is 15.8 Å². The fourth-order valence-corrected chi connectivity index (χ4v) is 2.46. The summed E-state index contributed by atoms with van der Waals surface area (Å²) in [7, 11) is -3.55. The molecule has 0 amide bonds. The third-order valence-corrected chi connectivity index (χ3v) is 3.89. The fraction of sp³-hybridized carbons (Fsp3) is 0.182. The number of rotatable bonds is 3. The van der Waals surface area contributed by atoms with Crippen molar-refractivity contribution in [2.24, 2.45) is 0 Å². The second-order valence-electron chi connectivity index (χ2n) is 3.74. The lowest BCUT2D eigenvalue weighted by Crippen LogP contribution is -2.13. The molecule has 5 nitrogen and oxygen atoms in total. The van der Waals surface area contributed by atoms with Crippen LogP contribution < -0.4 is 4.72 Å². The molecule has 6 heteroatoms. The van der Waals surface area contributed by atoms with E-state index in [9.17, 15) is 8.42 Å². The summed E-state index contributed by atoms with van der Waals surface area (Å²) in [6, 6.07) is 8.20. The molecule has 1 heterocycles. The Hall–Kier alpha value is -1.82. The fourth-order valence-electron chi connectivity index (χ4n) is 1.37. The van der Waals surface area contributed by atoms with Crippen LogP contribution in [0, 0.1) is 13.8 Å². The summed E-state index contributed by atoms with van der Waals surface area (Å²) in [6.45, 7) is 3.64. The molecule has 0 aliphatic heterocycles. The second-order valence-corrected chi connectivity index (χ2v) is 5.42. The van der Waals surface area contributed by atoms with E-state index in [4.69, 9.17) is 0 Å². The highest BCUT2D eigenvalue weighted by molar-refractivity contribution is 7.92. The molecule has 2 N–H and O–H groups in total. The molecule has 0 atom stereocenters. The molecule has 0 aliphatic carbocycles. The Kier molecular flexibility index (Phi) is 2.89. The lowest BCUT2D eigenvalue weighted by molar-refractivity contribution is 0.601. The molecule has 0 fully saturated rings. The van der Waals surface area contributed by atoms with Crippen LogP contribution in [0.3, 0.4) is 0 Å². The Morgan fingerprint density at radius 3 is 2.35 bits per heavy atom. The lowest BCUT2D eigenvalue weighted by atomic mass is 10.3. The van der Waals surface area contributed by atoms with Gasteiger partial charge in [0.25, 0.3) is 10.0 Å². The van der Waals surface area contributed by atoms with Crippen LogP contribution in [0.15, 0.2) is 35.2 Å². The van der Waals surface area contributed by atoms with Crippen molar-refractivity contribution in [2.75, 3.05) is 4.72 Å². The Labute approximate surface area is 99.9 Å². The number of aromatic nitrogens is 2. The first-order valence-corrected chi connectivity index (χ1v) is 6.58. The molecule has 17 heavy (non-hydrogen) atoms. The first-order chi connectivity index (χ1) is 8.00. The highest BCUT2D eigenvalue weighted by Gasteiger charge is 2.16. The average molecular weight is 251 g/mol. The number of hydrogen-bond acceptors (Lipinski definition) is 3. The van der Waals surface area contributed by atoms with Crippen LogP contribution in [0.5, 0.6) is 0 Å². The van der Waals surface area contributed by atoms with Gasteiger partial charge in [-0.25, -0.2) is 8.42 Å². The molecule has 0 saturated carbocycles. The van der Waals surface area contributed by atoms with E-state index in [2.05, 4.69) is 14.9 Å². The van der Waals surface area contributed by atoms with Crippen LogP contribution in [0.2, 0.25) is 0 Å². The normalized spacial score (nSPS) is 11.4. The molecule has 1 aromatic carbocycles. The molecule has 2 rings (SSSR count). The summed E-state index contributed by atoms with van der Waals surface area (Å²) in [5, 5.41) is 6.64. The second kappa shape index (κ2) is 4.21. The zero-order valence-electron chi connectivity index (χ0n) is 9.56. The maximum absolute atomic E-state index is 12.0. The van der Waals surface area contributed by atoms with Crippen LogP contribution in [0.25, 0.3) is 0 Å². The minimum Gasteiger partial charge on any atom is -0.280 e. The van der Waals surface area contributed by atoms with E-state index in [1.165, 1.54) is 12.1 Å². The first-order valence-electron chi connectivity index (χ1n) is 5.10. The summed E-state index contributed by atoms with van der Waals surface area (Å²) in [5.41, 5.74) is 1.64. The van der Waals surface area contributed by atoms with Gasteiger partial charge in [-0.3, -0.25) is 9.82 Å². The van der Waals surface area contributed by atoms with Crippen molar-refractivity contribution in [3.63, 3.8) is 0 Å². The van der Waals surface area contributed by atoms with Gasteiger partial charge in [-0.15, -0.1) is 0 Å². The van der Waals surface area contributed by atoms with E-state index in [1.54, 1.807) is 18.2 Å². The van der Waals surface area contributed by atoms with Gasteiger partial charge in [0.2, 0.25) is 0 Å². The maximum atomic E-state index is 12.0. The van der Waals surface area contributed by atoms with Crippen molar-refractivity contribution in [3.8, 4) is 0 Å². The summed E-state index contributed by atoms with van der Waals surface area (Å²) < 4.78 is 26.4. The van der Waals surface area contributed by atoms with Gasteiger partial charge >= 0.3 is 0 Å². The predicted octanol–water partition coefficient (Wildman–Crippen LogP) is 1.83. The Morgan fingerprint density at radius 2 is 1.82 bits per heavy atom. The zero-order valence-corrected chi connectivity index (χ0v) is 10.4. The van der Waals surface area contributed by atoms with E-state index in [0.29, 0.717) is 5.82 Å². The standard InChI is InChI=1S/C11H13N3O2S/c1-8-9(2)12-13-11(8)14-17(15,16)10-6-4-3-5-7-10/h3-7H,1-2H3,(H2,12,13,14). The van der Waals surface area contributed by atoms with E-state index in [1.807, 2.05) is 13.8 Å². The third kappa shape index (κ3) is 2.31. The van der Waals surface area contributed by atoms with Crippen LogP contribution in [0.4, 0.5) is 5.82 Å². The van der Waals surface area contributed by atoms with Crippen molar-refractivity contribution in [3.05, 3.63) is 41.6 Å². The van der Waals surface area contributed by atoms with Crippen molar-refractivity contribution < 1.29 is 8.42 Å². The summed E-state index contributed by atoms with van der Waals surface area (Å²) in [6.07, 6.45) is 0. The molecule has 0 saturated heterocycles. The van der Waals surface area contributed by atoms with Crippen molar-refractivity contribution in [1.29, 1.82) is 0 Å². The molecule has 2 aromatic rings. The number of nitrogens with one attached hydrogen (secondary N) is 2. The number of anilines is 1. The topological polar surface area (TPSA) is 74.8 Å². The molecule has 0 radical (unpaired) electrons. The molecule has 0 unspecified atom stereocenters. The van der Waals surface area contributed by atoms with Gasteiger partial charge in [-0.1, -0.05) is 18.2 Å². The van der Waals surface area contributed by atoms with Crippen molar-refractivity contribution in [2.45, 2.75) is 18.7 Å². The number of H-pyrrole nitrogens is 1. The van der Waals surface area contributed by atoms with Crippen LogP contribution in [0.1, 0.15) is 11.3 Å². The molecular formula is C11H13N3O2S. The molecule has 90 valence electrons. The van der Waals surface area contributed by atoms with Crippen LogP contribution >= 0.6 is 0 Å². The molecule has 0 spiro atoms. The molecule has 0 bridgehead atoms. The molecule has 1 aromatic heterocycles. The van der Waals surface area contributed by atoms with Gasteiger partial charge in [0.15, 0.2) is 5.82 Å². The predicted molar refractivity (Wildman–Crippen MR) is 65.3 cm³/mol. The number of nitrogens with zero attached hydrogens (tertiary/aromatic N) is 1. The van der Waals surface area contributed by atoms with Gasteiger partial charge in [-0.2, -0.15) is 5.10 Å². The number of sulfonamides is 1. The minimum absolute atomic E-state index is 0.222. The van der Waals surface area contributed by atoms with Crippen LogP contribution in [-0.2, 0) is 10.0 Å². The van der Waals surface area contributed by atoms with E-state index < -0.39 is 10.0 Å². The van der Waals surface area contributed by atoms with E-state index in [0.717, 1.165) is 11.3 Å². The first kappa shape index (κ1) is 11.7. The van der Waals surface area contributed by atoms with Crippen LogP contribution in [-0.4, -0.2) is 18.6 Å². The quantitative estimate of drug-likeness (QED) is 0.873. The number of aromatic amines is 1. The van der Waals surface area contributed by atoms with Gasteiger partial charge < -0.3 is 0 Å². The summed E-state index contributed by atoms with van der Waals surface area (Å²) >= 11 is 0. The monoisotopic (exact) mass is 251 g/mol. The van der Waals surface area contributed by atoms with Gasteiger partial charge in [0, 0.05) is 11.3 Å². The summed E-state index contributed by atoms with van der Waals surface area (Å²) in [4.78, 5) is 0.222. The summed E-state index contributed by atoms with van der Waals surface area (Å²) in [5.74, 6) is 0.339.